The SMILES string of the molecule is CCCCC(CC)Cc1ccc(-c2c3cc(-c4ccc(-c5cc[c]([Sn]([CH3])([CH3])[CH3])s5)s4)sc3c(-c3ccc(CC(CC)CCCC)s3)c3cc(-c4ccc(-c5cc[c]([Sn]([CH3])([CH3])[CH3])s5)s4)sc23)s1. The minimum absolute atomic E-state index is 0.751. The third-order valence-corrected chi connectivity index (χ3v) is 41.9. The summed E-state index contributed by atoms with van der Waals surface area (Å²) < 4.78 is 6.22. The first-order valence-corrected chi connectivity index (χ1v) is 50.9. The average molecular weight is 1230 g/mol. The molecular weight excluding hydrogens is 1170 g/mol. The number of fused-ring (bicyclic) bond motifs is 2. The van der Waals surface area contributed by atoms with E-state index in [2.05, 4.69) is 165 Å². The zero-order chi connectivity index (χ0) is 46.3. The van der Waals surface area contributed by atoms with Gasteiger partial charge < -0.3 is 0 Å². The maximum atomic E-state index is 2.60. The van der Waals surface area contributed by atoms with Gasteiger partial charge in [-0.15, -0.1) is 0 Å². The summed E-state index contributed by atoms with van der Waals surface area (Å²) in [5, 5.41) is 2.87. The van der Waals surface area contributed by atoms with Crippen molar-refractivity contribution in [3.05, 3.63) is 94.7 Å². The second kappa shape index (κ2) is 21.3. The first-order valence-electron chi connectivity index (χ1n) is 24.4. The maximum absolute atomic E-state index is 2.60. The van der Waals surface area contributed by atoms with Crippen LogP contribution in [-0.2, 0) is 12.8 Å². The molecule has 0 aliphatic carbocycles. The van der Waals surface area contributed by atoms with E-state index < -0.39 is 36.8 Å². The summed E-state index contributed by atoms with van der Waals surface area (Å²) in [7, 11) is 0. The van der Waals surface area contributed by atoms with Gasteiger partial charge in [0.1, 0.15) is 0 Å². The van der Waals surface area contributed by atoms with Crippen LogP contribution in [0.25, 0.3) is 80.1 Å². The first kappa shape index (κ1) is 49.9. The molecule has 0 saturated heterocycles. The van der Waals surface area contributed by atoms with E-state index >= 15 is 0 Å². The topological polar surface area (TPSA) is 0 Å². The van der Waals surface area contributed by atoms with Crippen molar-refractivity contribution in [1.82, 2.24) is 0 Å². The number of unbranched alkanes of at least 4 members (excludes halogenated alkanes) is 2. The summed E-state index contributed by atoms with van der Waals surface area (Å²) in [6, 6.07) is 34.4. The summed E-state index contributed by atoms with van der Waals surface area (Å²) in [5.74, 6) is 1.50. The van der Waals surface area contributed by atoms with Gasteiger partial charge in [0.05, 0.1) is 0 Å². The van der Waals surface area contributed by atoms with Crippen LogP contribution in [0.3, 0.4) is 0 Å². The molecule has 66 heavy (non-hydrogen) atoms. The van der Waals surface area contributed by atoms with Crippen molar-refractivity contribution >= 4 is 153 Å². The molecule has 0 amide bonds. The normalized spacial score (nSPS) is 13.5. The molecule has 8 aromatic heterocycles. The zero-order valence-electron chi connectivity index (χ0n) is 40.6. The molecule has 346 valence electrons. The van der Waals surface area contributed by atoms with Crippen LogP contribution < -0.4 is 5.79 Å². The predicted octanol–water partition coefficient (Wildman–Crippen LogP) is 21.1. The molecule has 10 heteroatoms. The van der Waals surface area contributed by atoms with Crippen LogP contribution in [0.5, 0.6) is 0 Å². The van der Waals surface area contributed by atoms with Gasteiger partial charge in [-0.25, -0.2) is 0 Å². The monoisotopic (exact) mass is 1230 g/mol. The molecule has 0 spiro atoms. The molecule has 0 aliphatic heterocycles. The molecular formula is C56H66S8Sn2. The van der Waals surface area contributed by atoms with Crippen molar-refractivity contribution < 1.29 is 0 Å². The van der Waals surface area contributed by atoms with Gasteiger partial charge >= 0.3 is 316 Å². The second-order valence-electron chi connectivity index (χ2n) is 20.4. The van der Waals surface area contributed by atoms with E-state index in [0.717, 1.165) is 11.8 Å². The standard InChI is InChI=1S/C50H48S8.6CH3.2Sn/c1-5-9-13-31(7-3)27-33-17-19-43(53-33)47-35-29-45(41-23-21-39(55-41)37-15-11-25-51-37)58-50(35)48(44-20-18-34(54-44)28-32(8-4)14-10-6-2)36-30-46(57-49(36)47)42-24-22-40(56-42)38-16-12-26-52-38;;;;;;;;/h11-12,15-24,29-32H,5-10,13-14,27-28H2,1-4H3;6*1H3;;. The summed E-state index contributed by atoms with van der Waals surface area (Å²) in [5.41, 5.74) is 2.91. The zero-order valence-corrected chi connectivity index (χ0v) is 52.8. The molecule has 1 aromatic carbocycles. The van der Waals surface area contributed by atoms with Gasteiger partial charge in [0, 0.05) is 9.75 Å². The van der Waals surface area contributed by atoms with E-state index in [4.69, 9.17) is 0 Å². The van der Waals surface area contributed by atoms with Crippen LogP contribution in [0, 0.1) is 11.8 Å². The van der Waals surface area contributed by atoms with Crippen molar-refractivity contribution in [1.29, 1.82) is 0 Å². The Morgan fingerprint density at radius 3 is 1.08 bits per heavy atom. The Hall–Kier alpha value is -1.06. The molecule has 0 aliphatic rings. The average Bonchev–Trinajstić information content (AvgIpc) is 4.13. The minimum atomic E-state index is -2.15. The number of hydrogen-bond donors (Lipinski definition) is 0. The molecule has 9 rings (SSSR count). The molecule has 0 bridgehead atoms. The fourth-order valence-corrected chi connectivity index (χ4v) is 29.1. The molecule has 0 nitrogen and oxygen atoms in total. The Kier molecular flexibility index (Phi) is 16.1. The number of benzene rings is 1. The molecule has 0 saturated carbocycles. The van der Waals surface area contributed by atoms with Crippen molar-refractivity contribution in [2.24, 2.45) is 11.8 Å². The van der Waals surface area contributed by atoms with Crippen LogP contribution in [0.15, 0.2) is 84.9 Å². The van der Waals surface area contributed by atoms with Crippen LogP contribution in [0.2, 0.25) is 29.6 Å². The Bertz CT molecular complexity index is 2780. The van der Waals surface area contributed by atoms with E-state index in [9.17, 15) is 0 Å². The van der Waals surface area contributed by atoms with E-state index in [0.29, 0.717) is 0 Å². The van der Waals surface area contributed by atoms with Crippen LogP contribution >= 0.6 is 90.7 Å². The third kappa shape index (κ3) is 10.9. The summed E-state index contributed by atoms with van der Waals surface area (Å²) >= 11 is 12.0. The summed E-state index contributed by atoms with van der Waals surface area (Å²) in [6.07, 6.45) is 12.7. The van der Waals surface area contributed by atoms with E-state index in [1.807, 2.05) is 68.0 Å². The molecule has 0 fully saturated rings. The van der Waals surface area contributed by atoms with Gasteiger partial charge in [-0.1, -0.05) is 79.1 Å². The Morgan fingerprint density at radius 1 is 0.379 bits per heavy atom. The Balaban J connectivity index is 1.22. The van der Waals surface area contributed by atoms with E-state index in [1.54, 1.807) is 15.5 Å². The van der Waals surface area contributed by atoms with Crippen LogP contribution in [0.1, 0.15) is 88.8 Å². The summed E-state index contributed by atoms with van der Waals surface area (Å²) in [6.45, 7) is 9.46. The van der Waals surface area contributed by atoms with Gasteiger partial charge in [0.15, 0.2) is 0 Å². The Labute approximate surface area is 436 Å². The molecule has 8 heterocycles. The predicted molar refractivity (Wildman–Crippen MR) is 317 cm³/mol. The van der Waals surface area contributed by atoms with Crippen molar-refractivity contribution in [2.45, 2.75) is 122 Å². The fourth-order valence-electron chi connectivity index (χ4n) is 9.15. The Morgan fingerprint density at radius 2 is 0.727 bits per heavy atom. The van der Waals surface area contributed by atoms with Gasteiger partial charge in [-0.2, -0.15) is 0 Å². The van der Waals surface area contributed by atoms with Crippen LogP contribution in [-0.4, -0.2) is 36.8 Å². The summed E-state index contributed by atoms with van der Waals surface area (Å²) in [4.78, 5) is 32.4. The van der Waals surface area contributed by atoms with Crippen molar-refractivity contribution in [2.75, 3.05) is 0 Å². The van der Waals surface area contributed by atoms with Crippen molar-refractivity contribution in [3.63, 3.8) is 0 Å². The van der Waals surface area contributed by atoms with Gasteiger partial charge in [0.2, 0.25) is 0 Å². The van der Waals surface area contributed by atoms with Crippen LogP contribution in [0.4, 0.5) is 0 Å². The fraction of sp³-hybridized carbons (Fsp3) is 0.393. The quantitative estimate of drug-likeness (QED) is 0.0667. The molecule has 2 unspecified atom stereocenters. The van der Waals surface area contributed by atoms with Gasteiger partial charge in [-0.05, 0) is 36.8 Å². The van der Waals surface area contributed by atoms with Crippen molar-refractivity contribution in [3.8, 4) is 59.9 Å². The third-order valence-electron chi connectivity index (χ3n) is 13.2. The second-order valence-corrected chi connectivity index (χ2v) is 60.0. The van der Waals surface area contributed by atoms with E-state index in [1.165, 1.54) is 144 Å². The number of rotatable bonds is 20. The molecule has 0 N–H and O–H groups in total. The number of thiophene rings is 8. The molecule has 2 atom stereocenters. The molecule has 9 aromatic rings. The first-order chi connectivity index (χ1) is 31.7. The number of hydrogen-bond acceptors (Lipinski definition) is 8. The van der Waals surface area contributed by atoms with Gasteiger partial charge in [-0.3, -0.25) is 0 Å². The van der Waals surface area contributed by atoms with E-state index in [-0.39, 0.29) is 0 Å². The van der Waals surface area contributed by atoms with Gasteiger partial charge in [0.25, 0.3) is 0 Å². The molecule has 0 radical (unpaired) electrons.